The molecule has 0 spiro atoms. The number of nitrogens with two attached hydrogens (primary N) is 1. The van der Waals surface area contributed by atoms with Crippen LogP contribution in [-0.2, 0) is 0 Å². The first-order valence-electron chi connectivity index (χ1n) is 4.32. The van der Waals surface area contributed by atoms with Gasteiger partial charge in [-0.25, -0.2) is 9.07 Å². The van der Waals surface area contributed by atoms with Crippen molar-refractivity contribution in [1.29, 1.82) is 5.41 Å². The lowest BCUT2D eigenvalue weighted by Gasteiger charge is -2.01. The molecule has 0 atom stereocenters. The molecule has 0 fully saturated rings. The maximum absolute atomic E-state index is 13.3. The summed E-state index contributed by atoms with van der Waals surface area (Å²) in [6.07, 6.45) is 2.94. The molecule has 1 aromatic carbocycles. The summed E-state index contributed by atoms with van der Waals surface area (Å²) in [6, 6.07) is 6.28. The summed E-state index contributed by atoms with van der Waals surface area (Å²) in [5, 5.41) is 11.1. The van der Waals surface area contributed by atoms with Crippen LogP contribution in [0.5, 0.6) is 0 Å². The van der Waals surface area contributed by atoms with Crippen LogP contribution in [0.25, 0.3) is 5.69 Å². The first-order valence-corrected chi connectivity index (χ1v) is 4.32. The molecular formula is C10H9FN4. The standard InChI is InChI=1S/C10H9FN4/c11-8-3-1-2-4-9(8)15-6-7(5-14-15)10(12)13/h1-6H,(H3,12,13). The minimum absolute atomic E-state index is 0.0856. The predicted octanol–water partition coefficient (Wildman–Crippen LogP) is 1.30. The average molecular weight is 204 g/mol. The summed E-state index contributed by atoms with van der Waals surface area (Å²) < 4.78 is 14.7. The average Bonchev–Trinajstić information content (AvgIpc) is 2.67. The summed E-state index contributed by atoms with van der Waals surface area (Å²) in [5.41, 5.74) is 6.09. The van der Waals surface area contributed by atoms with Gasteiger partial charge in [-0.15, -0.1) is 0 Å². The molecule has 5 heteroatoms. The quantitative estimate of drug-likeness (QED) is 0.571. The van der Waals surface area contributed by atoms with E-state index in [1.807, 2.05) is 0 Å². The van der Waals surface area contributed by atoms with Gasteiger partial charge >= 0.3 is 0 Å². The van der Waals surface area contributed by atoms with Gasteiger partial charge in [0.05, 0.1) is 11.8 Å². The topological polar surface area (TPSA) is 67.7 Å². The molecule has 1 aromatic heterocycles. The summed E-state index contributed by atoms with van der Waals surface area (Å²) in [4.78, 5) is 0. The van der Waals surface area contributed by atoms with E-state index in [1.54, 1.807) is 18.2 Å². The number of nitrogen functional groups attached to an aromatic ring is 1. The second kappa shape index (κ2) is 3.53. The molecule has 76 valence electrons. The van der Waals surface area contributed by atoms with Crippen LogP contribution in [0.1, 0.15) is 5.56 Å². The molecule has 2 rings (SSSR count). The Hall–Kier alpha value is -2.17. The van der Waals surface area contributed by atoms with Gasteiger partial charge in [0, 0.05) is 6.20 Å². The van der Waals surface area contributed by atoms with Crippen molar-refractivity contribution in [3.05, 3.63) is 48.0 Å². The number of nitrogens with zero attached hydrogens (tertiary/aromatic N) is 2. The van der Waals surface area contributed by atoms with E-state index in [-0.39, 0.29) is 11.7 Å². The molecule has 0 aliphatic carbocycles. The van der Waals surface area contributed by atoms with E-state index in [0.29, 0.717) is 11.3 Å². The van der Waals surface area contributed by atoms with Crippen LogP contribution >= 0.6 is 0 Å². The molecular weight excluding hydrogens is 195 g/mol. The van der Waals surface area contributed by atoms with Crippen molar-refractivity contribution in [2.45, 2.75) is 0 Å². The van der Waals surface area contributed by atoms with Crippen molar-refractivity contribution in [3.8, 4) is 5.69 Å². The number of amidine groups is 1. The first-order chi connectivity index (χ1) is 7.18. The third kappa shape index (κ3) is 1.71. The molecule has 0 unspecified atom stereocenters. The number of hydrogen-bond donors (Lipinski definition) is 2. The lowest BCUT2D eigenvalue weighted by Crippen LogP contribution is -2.09. The van der Waals surface area contributed by atoms with Crippen molar-refractivity contribution in [3.63, 3.8) is 0 Å². The van der Waals surface area contributed by atoms with Crippen LogP contribution in [-0.4, -0.2) is 15.6 Å². The molecule has 15 heavy (non-hydrogen) atoms. The number of rotatable bonds is 2. The Balaban J connectivity index is 2.46. The third-order valence-electron chi connectivity index (χ3n) is 1.99. The van der Waals surface area contributed by atoms with Gasteiger partial charge in [-0.05, 0) is 12.1 Å². The highest BCUT2D eigenvalue weighted by Crippen LogP contribution is 2.12. The number of para-hydroxylation sites is 1. The van der Waals surface area contributed by atoms with Gasteiger partial charge in [-0.3, -0.25) is 5.41 Å². The number of halogens is 1. The fourth-order valence-corrected chi connectivity index (χ4v) is 1.23. The lowest BCUT2D eigenvalue weighted by atomic mass is 10.3. The van der Waals surface area contributed by atoms with Crippen LogP contribution < -0.4 is 5.73 Å². The van der Waals surface area contributed by atoms with Crippen molar-refractivity contribution in [1.82, 2.24) is 9.78 Å². The number of aromatic nitrogens is 2. The van der Waals surface area contributed by atoms with Gasteiger partial charge in [0.25, 0.3) is 0 Å². The summed E-state index contributed by atoms with van der Waals surface area (Å²) in [6.45, 7) is 0. The van der Waals surface area contributed by atoms with Crippen molar-refractivity contribution < 1.29 is 4.39 Å². The first kappa shape index (κ1) is 9.39. The Kier molecular flexibility index (Phi) is 2.21. The van der Waals surface area contributed by atoms with Crippen LogP contribution in [0.4, 0.5) is 4.39 Å². The minimum Gasteiger partial charge on any atom is -0.384 e. The molecule has 3 N–H and O–H groups in total. The Morgan fingerprint density at radius 3 is 2.73 bits per heavy atom. The van der Waals surface area contributed by atoms with Crippen LogP contribution in [0.15, 0.2) is 36.7 Å². The zero-order valence-electron chi connectivity index (χ0n) is 7.81. The Labute approximate surface area is 85.7 Å². The number of hydrogen-bond acceptors (Lipinski definition) is 2. The van der Waals surface area contributed by atoms with E-state index in [4.69, 9.17) is 11.1 Å². The molecule has 4 nitrogen and oxygen atoms in total. The Morgan fingerprint density at radius 2 is 2.13 bits per heavy atom. The summed E-state index contributed by atoms with van der Waals surface area (Å²) in [5.74, 6) is -0.451. The van der Waals surface area contributed by atoms with Crippen molar-refractivity contribution in [2.24, 2.45) is 5.73 Å². The highest BCUT2D eigenvalue weighted by Gasteiger charge is 2.06. The molecule has 0 radical (unpaired) electrons. The smallest absolute Gasteiger partial charge is 0.148 e. The Morgan fingerprint density at radius 1 is 1.40 bits per heavy atom. The van der Waals surface area contributed by atoms with Crippen molar-refractivity contribution in [2.75, 3.05) is 0 Å². The second-order valence-electron chi connectivity index (χ2n) is 3.04. The SMILES string of the molecule is N=C(N)c1cnn(-c2ccccc2F)c1. The van der Waals surface area contributed by atoms with E-state index in [0.717, 1.165) is 0 Å². The molecule has 0 saturated carbocycles. The van der Waals surface area contributed by atoms with Gasteiger partial charge < -0.3 is 5.73 Å². The van der Waals surface area contributed by atoms with E-state index in [9.17, 15) is 4.39 Å². The molecule has 2 aromatic rings. The van der Waals surface area contributed by atoms with Gasteiger partial charge in [0.15, 0.2) is 0 Å². The normalized spacial score (nSPS) is 10.2. The molecule has 1 heterocycles. The second-order valence-corrected chi connectivity index (χ2v) is 3.04. The van der Waals surface area contributed by atoms with Crippen LogP contribution in [0, 0.1) is 11.2 Å². The van der Waals surface area contributed by atoms with Crippen LogP contribution in [0.2, 0.25) is 0 Å². The molecule has 0 amide bonds. The fourth-order valence-electron chi connectivity index (χ4n) is 1.23. The maximum atomic E-state index is 13.3. The Bertz CT molecular complexity index is 504. The zero-order valence-corrected chi connectivity index (χ0v) is 7.81. The highest BCUT2D eigenvalue weighted by molar-refractivity contribution is 5.94. The fraction of sp³-hybridized carbons (Fsp3) is 0. The largest absolute Gasteiger partial charge is 0.384 e. The molecule has 0 saturated heterocycles. The summed E-state index contributed by atoms with van der Waals surface area (Å²) >= 11 is 0. The van der Waals surface area contributed by atoms with Gasteiger partial charge in [0.1, 0.15) is 17.3 Å². The number of nitrogens with one attached hydrogen (secondary N) is 1. The third-order valence-corrected chi connectivity index (χ3v) is 1.99. The van der Waals surface area contributed by atoms with E-state index in [2.05, 4.69) is 5.10 Å². The highest BCUT2D eigenvalue weighted by atomic mass is 19.1. The monoisotopic (exact) mass is 204 g/mol. The van der Waals surface area contributed by atoms with E-state index >= 15 is 0 Å². The zero-order chi connectivity index (χ0) is 10.8. The van der Waals surface area contributed by atoms with E-state index in [1.165, 1.54) is 23.1 Å². The van der Waals surface area contributed by atoms with Crippen LogP contribution in [0.3, 0.4) is 0 Å². The summed E-state index contributed by atoms with van der Waals surface area (Å²) in [7, 11) is 0. The van der Waals surface area contributed by atoms with E-state index < -0.39 is 0 Å². The lowest BCUT2D eigenvalue weighted by molar-refractivity contribution is 0.611. The molecule has 0 aliphatic rings. The van der Waals surface area contributed by atoms with Gasteiger partial charge in [0.2, 0.25) is 0 Å². The predicted molar refractivity (Wildman–Crippen MR) is 54.5 cm³/mol. The minimum atomic E-state index is -0.365. The van der Waals surface area contributed by atoms with Gasteiger partial charge in [-0.2, -0.15) is 5.10 Å². The number of benzene rings is 1. The maximum Gasteiger partial charge on any atom is 0.148 e. The van der Waals surface area contributed by atoms with Crippen molar-refractivity contribution >= 4 is 5.84 Å². The molecule has 0 aliphatic heterocycles. The molecule has 0 bridgehead atoms. The van der Waals surface area contributed by atoms with Gasteiger partial charge in [-0.1, -0.05) is 12.1 Å².